The lowest BCUT2D eigenvalue weighted by atomic mass is 9.80. The van der Waals surface area contributed by atoms with E-state index in [4.69, 9.17) is 4.74 Å². The number of hydrogen-bond acceptors (Lipinski definition) is 4. The molecule has 0 aromatic heterocycles. The van der Waals surface area contributed by atoms with Gasteiger partial charge in [0.2, 0.25) is 0 Å². The van der Waals surface area contributed by atoms with Crippen LogP contribution in [0.4, 0.5) is 5.69 Å². The minimum atomic E-state index is -0.460. The standard InChI is InChI=1S/C29H34N2O3/c1-18-13-14-22(31-23-15-21(16-23)28(33)34-29(3,4)5)17-26(18)27(32)30-19(2)24-12-8-10-20-9-6-7-11-25(20)24/h6-14,17,19,21,23,31H,15-16H2,1-5H3,(H,30,32)/t19-,21?,23?/m1/s1. The Morgan fingerprint density at radius 1 is 1.00 bits per heavy atom. The molecule has 0 heterocycles. The van der Waals surface area contributed by atoms with Crippen molar-refractivity contribution in [3.05, 3.63) is 77.4 Å². The minimum absolute atomic E-state index is 0.0634. The van der Waals surface area contributed by atoms with Gasteiger partial charge in [-0.1, -0.05) is 48.5 Å². The fourth-order valence-corrected chi connectivity index (χ4v) is 4.49. The Bertz CT molecular complexity index is 1200. The van der Waals surface area contributed by atoms with Crippen LogP contribution in [0.25, 0.3) is 10.8 Å². The van der Waals surface area contributed by atoms with Gasteiger partial charge in [0.15, 0.2) is 0 Å². The van der Waals surface area contributed by atoms with Crippen molar-refractivity contribution in [3.8, 4) is 0 Å². The number of hydrogen-bond donors (Lipinski definition) is 2. The zero-order chi connectivity index (χ0) is 24.5. The summed E-state index contributed by atoms with van der Waals surface area (Å²) in [5.74, 6) is -0.287. The molecule has 0 bridgehead atoms. The molecule has 0 spiro atoms. The van der Waals surface area contributed by atoms with Crippen molar-refractivity contribution in [3.63, 3.8) is 0 Å². The van der Waals surface area contributed by atoms with Gasteiger partial charge in [-0.3, -0.25) is 9.59 Å². The van der Waals surface area contributed by atoms with Gasteiger partial charge in [-0.15, -0.1) is 0 Å². The summed E-state index contributed by atoms with van der Waals surface area (Å²) in [5.41, 5.74) is 3.11. The van der Waals surface area contributed by atoms with E-state index in [2.05, 4.69) is 34.9 Å². The second kappa shape index (κ2) is 9.49. The Kier molecular flexibility index (Phi) is 6.65. The van der Waals surface area contributed by atoms with Crippen molar-refractivity contribution in [2.75, 3.05) is 5.32 Å². The number of amides is 1. The summed E-state index contributed by atoms with van der Waals surface area (Å²) in [5, 5.41) is 8.95. The summed E-state index contributed by atoms with van der Waals surface area (Å²) in [6.45, 7) is 9.63. The highest BCUT2D eigenvalue weighted by Crippen LogP contribution is 2.33. The maximum atomic E-state index is 13.2. The number of esters is 1. The molecule has 4 rings (SSSR count). The molecular formula is C29H34N2O3. The summed E-state index contributed by atoms with van der Waals surface area (Å²) in [4.78, 5) is 25.4. The number of ether oxygens (including phenoxy) is 1. The summed E-state index contributed by atoms with van der Waals surface area (Å²) in [7, 11) is 0. The minimum Gasteiger partial charge on any atom is -0.460 e. The van der Waals surface area contributed by atoms with Crippen LogP contribution < -0.4 is 10.6 Å². The zero-order valence-electron chi connectivity index (χ0n) is 20.6. The number of carbonyl (C=O) groups is 2. The van der Waals surface area contributed by atoms with Crippen LogP contribution in [0.2, 0.25) is 0 Å². The highest BCUT2D eigenvalue weighted by molar-refractivity contribution is 5.97. The largest absolute Gasteiger partial charge is 0.460 e. The smallest absolute Gasteiger partial charge is 0.309 e. The Morgan fingerprint density at radius 2 is 1.71 bits per heavy atom. The van der Waals surface area contributed by atoms with Gasteiger partial charge in [-0.2, -0.15) is 0 Å². The molecule has 2 N–H and O–H groups in total. The summed E-state index contributed by atoms with van der Waals surface area (Å²) >= 11 is 0. The number of rotatable bonds is 6. The molecule has 0 aliphatic heterocycles. The number of anilines is 1. The number of carbonyl (C=O) groups excluding carboxylic acids is 2. The fraction of sp³-hybridized carbons (Fsp3) is 0.379. The van der Waals surface area contributed by atoms with Gasteiger partial charge in [0.25, 0.3) is 5.91 Å². The molecule has 1 fully saturated rings. The predicted octanol–water partition coefficient (Wildman–Crippen LogP) is 6.17. The summed E-state index contributed by atoms with van der Waals surface area (Å²) in [6, 6.07) is 20.3. The quantitative estimate of drug-likeness (QED) is 0.433. The van der Waals surface area contributed by atoms with E-state index in [1.165, 1.54) is 0 Å². The second-order valence-electron chi connectivity index (χ2n) is 10.3. The van der Waals surface area contributed by atoms with Crippen LogP contribution in [-0.2, 0) is 9.53 Å². The maximum absolute atomic E-state index is 13.2. The number of nitrogens with one attached hydrogen (secondary N) is 2. The van der Waals surface area contributed by atoms with Gasteiger partial charge in [0, 0.05) is 17.3 Å². The summed E-state index contributed by atoms with van der Waals surface area (Å²) < 4.78 is 5.49. The van der Waals surface area contributed by atoms with Crippen LogP contribution >= 0.6 is 0 Å². The Labute approximate surface area is 201 Å². The van der Waals surface area contributed by atoms with Crippen molar-refractivity contribution in [2.24, 2.45) is 5.92 Å². The predicted molar refractivity (Wildman–Crippen MR) is 137 cm³/mol. The molecule has 1 aliphatic carbocycles. The normalized spacial score (nSPS) is 18.6. The van der Waals surface area contributed by atoms with Gasteiger partial charge >= 0.3 is 5.97 Å². The van der Waals surface area contributed by atoms with Crippen LogP contribution in [0.3, 0.4) is 0 Å². The number of fused-ring (bicyclic) bond motifs is 1. The average Bonchev–Trinajstić information content (AvgIpc) is 2.75. The zero-order valence-corrected chi connectivity index (χ0v) is 20.6. The van der Waals surface area contributed by atoms with Crippen LogP contribution in [0.1, 0.15) is 68.1 Å². The monoisotopic (exact) mass is 458 g/mol. The van der Waals surface area contributed by atoms with E-state index in [-0.39, 0.29) is 29.9 Å². The van der Waals surface area contributed by atoms with Crippen molar-refractivity contribution < 1.29 is 14.3 Å². The van der Waals surface area contributed by atoms with Crippen molar-refractivity contribution in [2.45, 2.75) is 65.1 Å². The fourth-order valence-electron chi connectivity index (χ4n) is 4.49. The van der Waals surface area contributed by atoms with Gasteiger partial charge < -0.3 is 15.4 Å². The second-order valence-corrected chi connectivity index (χ2v) is 10.3. The third-order valence-electron chi connectivity index (χ3n) is 6.37. The van der Waals surface area contributed by atoms with Crippen LogP contribution in [0.5, 0.6) is 0 Å². The summed E-state index contributed by atoms with van der Waals surface area (Å²) in [6.07, 6.45) is 1.48. The van der Waals surface area contributed by atoms with Crippen molar-refractivity contribution >= 4 is 28.3 Å². The molecule has 3 aromatic carbocycles. The Hall–Kier alpha value is -3.34. The first-order valence-electron chi connectivity index (χ1n) is 12.0. The third kappa shape index (κ3) is 5.41. The van der Waals surface area contributed by atoms with Gasteiger partial charge in [0.1, 0.15) is 5.60 Å². The van der Waals surface area contributed by atoms with Gasteiger partial charge in [-0.25, -0.2) is 0 Å². The lowest BCUT2D eigenvalue weighted by Gasteiger charge is -2.36. The number of aryl methyl sites for hydroxylation is 1. The molecule has 1 saturated carbocycles. The third-order valence-corrected chi connectivity index (χ3v) is 6.37. The first kappa shape index (κ1) is 23.8. The van der Waals surface area contributed by atoms with Crippen molar-refractivity contribution in [1.82, 2.24) is 5.32 Å². The van der Waals surface area contributed by atoms with Crippen LogP contribution in [0.15, 0.2) is 60.7 Å². The Balaban J connectivity index is 1.40. The topological polar surface area (TPSA) is 67.4 Å². The highest BCUT2D eigenvalue weighted by Gasteiger charge is 2.37. The van der Waals surface area contributed by atoms with E-state index in [9.17, 15) is 9.59 Å². The van der Waals surface area contributed by atoms with E-state index in [1.54, 1.807) is 0 Å². The molecular weight excluding hydrogens is 424 g/mol. The molecule has 3 aromatic rings. The average molecular weight is 459 g/mol. The molecule has 0 saturated heterocycles. The van der Waals surface area contributed by atoms with Crippen molar-refractivity contribution in [1.29, 1.82) is 0 Å². The van der Waals surface area contributed by atoms with Crippen LogP contribution in [-0.4, -0.2) is 23.5 Å². The first-order chi connectivity index (χ1) is 16.1. The first-order valence-corrected chi connectivity index (χ1v) is 12.0. The van der Waals surface area contributed by atoms with Crippen LogP contribution in [0, 0.1) is 12.8 Å². The molecule has 1 aliphatic rings. The van der Waals surface area contributed by atoms with E-state index in [0.29, 0.717) is 5.56 Å². The van der Waals surface area contributed by atoms with Gasteiger partial charge in [-0.05, 0) is 81.5 Å². The Morgan fingerprint density at radius 3 is 2.44 bits per heavy atom. The SMILES string of the molecule is Cc1ccc(NC2CC(C(=O)OC(C)(C)C)C2)cc1C(=O)N[C@H](C)c1cccc2ccccc12. The molecule has 34 heavy (non-hydrogen) atoms. The highest BCUT2D eigenvalue weighted by atomic mass is 16.6. The molecule has 1 atom stereocenters. The molecule has 5 heteroatoms. The van der Waals surface area contributed by atoms with E-state index in [1.807, 2.05) is 71.0 Å². The molecule has 0 radical (unpaired) electrons. The van der Waals surface area contributed by atoms with E-state index in [0.717, 1.165) is 40.4 Å². The number of benzene rings is 3. The van der Waals surface area contributed by atoms with E-state index < -0.39 is 5.60 Å². The van der Waals surface area contributed by atoms with Gasteiger partial charge in [0.05, 0.1) is 12.0 Å². The molecule has 178 valence electrons. The molecule has 5 nitrogen and oxygen atoms in total. The molecule has 1 amide bonds. The lowest BCUT2D eigenvalue weighted by Crippen LogP contribution is -2.42. The molecule has 0 unspecified atom stereocenters. The van der Waals surface area contributed by atoms with E-state index >= 15 is 0 Å². The maximum Gasteiger partial charge on any atom is 0.309 e. The lowest BCUT2D eigenvalue weighted by molar-refractivity contribution is -0.163.